The van der Waals surface area contributed by atoms with E-state index in [-0.39, 0.29) is 5.41 Å². The van der Waals surface area contributed by atoms with Gasteiger partial charge in [0.05, 0.1) is 11.4 Å². The molecule has 0 radical (unpaired) electrons. The van der Waals surface area contributed by atoms with Gasteiger partial charge in [0.1, 0.15) is 11.2 Å². The van der Waals surface area contributed by atoms with Gasteiger partial charge in [0.25, 0.3) is 0 Å². The van der Waals surface area contributed by atoms with E-state index >= 15 is 0 Å². The first-order valence-electron chi connectivity index (χ1n) is 19.3. The highest BCUT2D eigenvalue weighted by molar-refractivity contribution is 7.26. The van der Waals surface area contributed by atoms with Gasteiger partial charge >= 0.3 is 0 Å². The molecular weight excluding hydrogens is 699 g/mol. The van der Waals surface area contributed by atoms with Crippen LogP contribution in [-0.2, 0) is 5.41 Å². The lowest BCUT2D eigenvalue weighted by molar-refractivity contribution is 0.662. The SMILES string of the molecule is CC1(C)c2ccccc2-c2cccc(-c3ccc(N(c4cccc5ccccc45)c4cccc5sc6ccc7c8cc9ccccc9cc8oc7c6c45)cc3)c21. The van der Waals surface area contributed by atoms with Crippen molar-refractivity contribution in [3.05, 3.63) is 187 Å². The molecule has 3 heteroatoms. The zero-order chi connectivity index (χ0) is 37.1. The summed E-state index contributed by atoms with van der Waals surface area (Å²) < 4.78 is 9.34. The molecule has 12 rings (SSSR count). The van der Waals surface area contributed by atoms with Gasteiger partial charge in [-0.1, -0.05) is 135 Å². The van der Waals surface area contributed by atoms with E-state index in [2.05, 4.69) is 195 Å². The summed E-state index contributed by atoms with van der Waals surface area (Å²) >= 11 is 1.83. The predicted molar refractivity (Wildman–Crippen MR) is 239 cm³/mol. The lowest BCUT2D eigenvalue weighted by Gasteiger charge is -2.28. The highest BCUT2D eigenvalue weighted by Crippen LogP contribution is 2.53. The normalized spacial score (nSPS) is 13.3. The lowest BCUT2D eigenvalue weighted by Crippen LogP contribution is -2.16. The molecule has 2 heterocycles. The van der Waals surface area contributed by atoms with Gasteiger partial charge in [0.15, 0.2) is 0 Å². The Morgan fingerprint density at radius 3 is 2.02 bits per heavy atom. The minimum Gasteiger partial charge on any atom is -0.455 e. The summed E-state index contributed by atoms with van der Waals surface area (Å²) in [6.45, 7) is 4.73. The van der Waals surface area contributed by atoms with Crippen LogP contribution in [0, 0.1) is 0 Å². The molecule has 11 aromatic rings. The second-order valence-electron chi connectivity index (χ2n) is 15.6. The zero-order valence-electron chi connectivity index (χ0n) is 31.0. The van der Waals surface area contributed by atoms with E-state index in [1.807, 2.05) is 11.3 Å². The summed E-state index contributed by atoms with van der Waals surface area (Å²) in [7, 11) is 0. The molecule has 0 bridgehead atoms. The molecule has 264 valence electrons. The van der Waals surface area contributed by atoms with Crippen molar-refractivity contribution in [1.82, 2.24) is 0 Å². The molecule has 0 amide bonds. The van der Waals surface area contributed by atoms with Gasteiger partial charge in [-0.05, 0) is 104 Å². The zero-order valence-corrected chi connectivity index (χ0v) is 31.8. The number of thiophene rings is 1. The average molecular weight is 734 g/mol. The van der Waals surface area contributed by atoms with Crippen LogP contribution in [0.2, 0.25) is 0 Å². The summed E-state index contributed by atoms with van der Waals surface area (Å²) in [5.74, 6) is 0. The Labute approximate surface area is 328 Å². The first-order valence-corrected chi connectivity index (χ1v) is 20.2. The molecule has 0 fully saturated rings. The summed E-state index contributed by atoms with van der Waals surface area (Å²) in [4.78, 5) is 2.46. The Balaban J connectivity index is 1.10. The maximum absolute atomic E-state index is 6.89. The molecule has 0 spiro atoms. The molecule has 1 aliphatic rings. The quantitative estimate of drug-likeness (QED) is 0.179. The van der Waals surface area contributed by atoms with Crippen LogP contribution in [-0.4, -0.2) is 0 Å². The molecule has 0 atom stereocenters. The van der Waals surface area contributed by atoms with Gasteiger partial charge in [-0.15, -0.1) is 11.3 Å². The molecule has 0 saturated heterocycles. The van der Waals surface area contributed by atoms with Gasteiger partial charge in [-0.25, -0.2) is 0 Å². The number of hydrogen-bond acceptors (Lipinski definition) is 3. The topological polar surface area (TPSA) is 16.4 Å². The Bertz CT molecular complexity index is 3400. The third-order valence-electron chi connectivity index (χ3n) is 12.2. The number of hydrogen-bond donors (Lipinski definition) is 0. The third-order valence-corrected chi connectivity index (χ3v) is 13.3. The van der Waals surface area contributed by atoms with Crippen LogP contribution in [0.3, 0.4) is 0 Å². The number of rotatable bonds is 4. The van der Waals surface area contributed by atoms with Crippen LogP contribution < -0.4 is 4.90 Å². The van der Waals surface area contributed by atoms with E-state index in [1.165, 1.54) is 75.1 Å². The van der Waals surface area contributed by atoms with Crippen molar-refractivity contribution in [3.8, 4) is 22.3 Å². The van der Waals surface area contributed by atoms with Gasteiger partial charge < -0.3 is 9.32 Å². The van der Waals surface area contributed by atoms with Gasteiger partial charge in [-0.3, -0.25) is 0 Å². The van der Waals surface area contributed by atoms with Crippen molar-refractivity contribution in [2.75, 3.05) is 4.90 Å². The highest BCUT2D eigenvalue weighted by atomic mass is 32.1. The molecular formula is C53H35NOS. The fourth-order valence-electron chi connectivity index (χ4n) is 9.68. The van der Waals surface area contributed by atoms with Crippen LogP contribution in [0.4, 0.5) is 17.1 Å². The maximum atomic E-state index is 6.89. The van der Waals surface area contributed by atoms with Gasteiger partial charge in [0, 0.05) is 47.4 Å². The number of anilines is 3. The van der Waals surface area contributed by atoms with Crippen molar-refractivity contribution < 1.29 is 4.42 Å². The van der Waals surface area contributed by atoms with Crippen LogP contribution in [0.5, 0.6) is 0 Å². The molecule has 2 aromatic heterocycles. The number of furan rings is 1. The molecule has 56 heavy (non-hydrogen) atoms. The fourth-order valence-corrected chi connectivity index (χ4v) is 10.8. The molecule has 0 aliphatic heterocycles. The second-order valence-corrected chi connectivity index (χ2v) is 16.7. The maximum Gasteiger partial charge on any atom is 0.144 e. The van der Waals surface area contributed by atoms with Crippen LogP contribution in [0.1, 0.15) is 25.0 Å². The van der Waals surface area contributed by atoms with Crippen molar-refractivity contribution in [3.63, 3.8) is 0 Å². The minimum absolute atomic E-state index is 0.0967. The molecule has 0 N–H and O–H groups in total. The van der Waals surface area contributed by atoms with Crippen molar-refractivity contribution in [1.29, 1.82) is 0 Å². The van der Waals surface area contributed by atoms with E-state index in [0.717, 1.165) is 39.0 Å². The Hall–Kier alpha value is -6.68. The summed E-state index contributed by atoms with van der Waals surface area (Å²) in [6.07, 6.45) is 0. The summed E-state index contributed by atoms with van der Waals surface area (Å²) in [6, 6.07) is 64.6. The first kappa shape index (κ1) is 31.6. The Kier molecular flexibility index (Phi) is 6.59. The third kappa shape index (κ3) is 4.43. The number of nitrogens with zero attached hydrogens (tertiary/aromatic N) is 1. The standard InChI is InChI=1S/C53H35NOS/c1-53(2)43-20-8-7-17-39(43)40-19-10-18-38(51(40)53)33-24-26-36(27-25-33)54(44-21-9-15-32-12-5-6-16-37(32)44)45-22-11-23-47-49(45)50-48(56-47)29-28-41-42-30-34-13-3-4-14-35(34)31-46(42)55-52(41)50/h3-31H,1-2H3. The molecule has 2 nitrogen and oxygen atoms in total. The monoisotopic (exact) mass is 733 g/mol. The molecule has 0 saturated carbocycles. The van der Waals surface area contributed by atoms with E-state index in [9.17, 15) is 0 Å². The predicted octanol–water partition coefficient (Wildman–Crippen LogP) is 15.7. The van der Waals surface area contributed by atoms with Gasteiger partial charge in [0.2, 0.25) is 0 Å². The fraction of sp³-hybridized carbons (Fsp3) is 0.0566. The lowest BCUT2D eigenvalue weighted by atomic mass is 9.79. The number of benzene rings is 9. The van der Waals surface area contributed by atoms with E-state index in [4.69, 9.17) is 4.42 Å². The number of fused-ring (bicyclic) bond motifs is 12. The van der Waals surface area contributed by atoms with Crippen LogP contribution in [0.25, 0.3) is 85.9 Å². The summed E-state index contributed by atoms with van der Waals surface area (Å²) in [5, 5.41) is 9.50. The van der Waals surface area contributed by atoms with Crippen molar-refractivity contribution >= 4 is 92.1 Å². The van der Waals surface area contributed by atoms with E-state index in [1.54, 1.807) is 0 Å². The largest absolute Gasteiger partial charge is 0.455 e. The smallest absolute Gasteiger partial charge is 0.144 e. The summed E-state index contributed by atoms with van der Waals surface area (Å²) in [5.41, 5.74) is 13.1. The van der Waals surface area contributed by atoms with Crippen LogP contribution >= 0.6 is 11.3 Å². The van der Waals surface area contributed by atoms with Crippen molar-refractivity contribution in [2.24, 2.45) is 0 Å². The van der Waals surface area contributed by atoms with Crippen molar-refractivity contribution in [2.45, 2.75) is 19.3 Å². The molecule has 0 unspecified atom stereocenters. The Morgan fingerprint density at radius 2 is 1.14 bits per heavy atom. The molecule has 1 aliphatic carbocycles. The van der Waals surface area contributed by atoms with E-state index < -0.39 is 0 Å². The molecule has 9 aromatic carbocycles. The Morgan fingerprint density at radius 1 is 0.482 bits per heavy atom. The van der Waals surface area contributed by atoms with Crippen LogP contribution in [0.15, 0.2) is 180 Å². The van der Waals surface area contributed by atoms with Gasteiger partial charge in [-0.2, -0.15) is 0 Å². The second kappa shape index (κ2) is 11.7. The average Bonchev–Trinajstić information content (AvgIpc) is 3.88. The first-order chi connectivity index (χ1) is 27.5. The van der Waals surface area contributed by atoms with E-state index in [0.29, 0.717) is 0 Å². The minimum atomic E-state index is -0.0967. The highest BCUT2D eigenvalue weighted by Gasteiger charge is 2.37.